The SMILES string of the molecule is COC[C@H]1CN(c2ncc(NC(=O)c3ccc(Br)nc3F)cn2)CCN1c1ncccn1. The molecule has 0 unspecified atom stereocenters. The van der Waals surface area contributed by atoms with E-state index in [-0.39, 0.29) is 11.6 Å². The molecule has 3 aromatic heterocycles. The highest BCUT2D eigenvalue weighted by Crippen LogP contribution is 2.20. The highest BCUT2D eigenvalue weighted by Gasteiger charge is 2.30. The van der Waals surface area contributed by atoms with Crippen LogP contribution < -0.4 is 15.1 Å². The van der Waals surface area contributed by atoms with Crippen molar-refractivity contribution in [3.05, 3.63) is 59.1 Å². The summed E-state index contributed by atoms with van der Waals surface area (Å²) in [5.74, 6) is -0.314. The Balaban J connectivity index is 1.43. The summed E-state index contributed by atoms with van der Waals surface area (Å²) in [7, 11) is 1.65. The predicted octanol–water partition coefficient (Wildman–Crippen LogP) is 2.16. The molecule has 32 heavy (non-hydrogen) atoms. The van der Waals surface area contributed by atoms with Crippen molar-refractivity contribution in [2.45, 2.75) is 6.04 Å². The zero-order valence-corrected chi connectivity index (χ0v) is 18.7. The Morgan fingerprint density at radius 2 is 1.94 bits per heavy atom. The highest BCUT2D eigenvalue weighted by molar-refractivity contribution is 9.10. The topological polar surface area (TPSA) is 109 Å². The average molecular weight is 503 g/mol. The molecule has 10 nitrogen and oxygen atoms in total. The van der Waals surface area contributed by atoms with Crippen LogP contribution >= 0.6 is 15.9 Å². The molecule has 4 heterocycles. The second kappa shape index (κ2) is 9.92. The van der Waals surface area contributed by atoms with Gasteiger partial charge in [0.15, 0.2) is 0 Å². The minimum absolute atomic E-state index is 0.0204. The van der Waals surface area contributed by atoms with Gasteiger partial charge in [0.05, 0.1) is 36.3 Å². The molecule has 1 aliphatic rings. The van der Waals surface area contributed by atoms with E-state index in [9.17, 15) is 9.18 Å². The number of anilines is 3. The average Bonchev–Trinajstić information content (AvgIpc) is 2.80. The number of nitrogens with zero attached hydrogens (tertiary/aromatic N) is 7. The highest BCUT2D eigenvalue weighted by atomic mass is 79.9. The van der Waals surface area contributed by atoms with Gasteiger partial charge >= 0.3 is 0 Å². The minimum atomic E-state index is -0.862. The van der Waals surface area contributed by atoms with Gasteiger partial charge in [0.2, 0.25) is 17.8 Å². The number of carbonyl (C=O) groups excluding carboxylic acids is 1. The number of piperazine rings is 1. The summed E-state index contributed by atoms with van der Waals surface area (Å²) in [4.78, 5) is 37.5. The van der Waals surface area contributed by atoms with E-state index in [0.29, 0.717) is 48.4 Å². The van der Waals surface area contributed by atoms with Crippen LogP contribution in [-0.2, 0) is 4.74 Å². The van der Waals surface area contributed by atoms with Gasteiger partial charge in [-0.3, -0.25) is 4.79 Å². The molecule has 1 saturated heterocycles. The van der Waals surface area contributed by atoms with Crippen LogP contribution in [0.1, 0.15) is 10.4 Å². The predicted molar refractivity (Wildman–Crippen MR) is 119 cm³/mol. The molecule has 1 aliphatic heterocycles. The first-order chi connectivity index (χ1) is 15.5. The molecule has 0 aliphatic carbocycles. The number of rotatable bonds is 6. The molecule has 0 radical (unpaired) electrons. The van der Waals surface area contributed by atoms with Crippen LogP contribution in [-0.4, -0.2) is 70.2 Å². The van der Waals surface area contributed by atoms with Gasteiger partial charge in [-0.2, -0.15) is 4.39 Å². The number of hydrogen-bond donors (Lipinski definition) is 1. The Labute approximate surface area is 192 Å². The molecule has 0 aromatic carbocycles. The smallest absolute Gasteiger partial charge is 0.260 e. The molecule has 0 saturated carbocycles. The number of aromatic nitrogens is 5. The van der Waals surface area contributed by atoms with Crippen LogP contribution in [0, 0.1) is 5.95 Å². The Kier molecular flexibility index (Phi) is 6.81. The van der Waals surface area contributed by atoms with Crippen LogP contribution in [0.5, 0.6) is 0 Å². The largest absolute Gasteiger partial charge is 0.382 e. The van der Waals surface area contributed by atoms with Crippen molar-refractivity contribution in [2.24, 2.45) is 0 Å². The van der Waals surface area contributed by atoms with Crippen molar-refractivity contribution >= 4 is 39.4 Å². The summed E-state index contributed by atoms with van der Waals surface area (Å²) in [6.07, 6.45) is 6.40. The third-order valence-corrected chi connectivity index (χ3v) is 5.33. The van der Waals surface area contributed by atoms with E-state index in [4.69, 9.17) is 4.74 Å². The van der Waals surface area contributed by atoms with Gasteiger partial charge in [0.25, 0.3) is 5.91 Å². The zero-order valence-electron chi connectivity index (χ0n) is 17.2. The summed E-state index contributed by atoms with van der Waals surface area (Å²) in [5.41, 5.74) is 0.185. The number of methoxy groups -OCH3 is 1. The van der Waals surface area contributed by atoms with E-state index >= 15 is 0 Å². The normalized spacial score (nSPS) is 16.2. The van der Waals surface area contributed by atoms with E-state index in [1.165, 1.54) is 24.5 Å². The zero-order chi connectivity index (χ0) is 22.5. The molecule has 3 aromatic rings. The monoisotopic (exact) mass is 502 g/mol. The van der Waals surface area contributed by atoms with E-state index < -0.39 is 11.9 Å². The number of nitrogens with one attached hydrogen (secondary N) is 1. The first-order valence-corrected chi connectivity index (χ1v) is 10.6. The van der Waals surface area contributed by atoms with Crippen molar-refractivity contribution in [1.82, 2.24) is 24.9 Å². The quantitative estimate of drug-likeness (QED) is 0.506. The van der Waals surface area contributed by atoms with Gasteiger partial charge in [-0.15, -0.1) is 0 Å². The van der Waals surface area contributed by atoms with Gasteiger partial charge in [0.1, 0.15) is 4.60 Å². The molecule has 12 heteroatoms. The van der Waals surface area contributed by atoms with Gasteiger partial charge in [-0.05, 0) is 34.1 Å². The molecule has 1 amide bonds. The summed E-state index contributed by atoms with van der Waals surface area (Å²) in [6.45, 7) is 2.46. The molecule has 0 spiro atoms. The second-order valence-corrected chi connectivity index (χ2v) is 7.81. The molecular formula is C20H20BrFN8O2. The molecule has 1 N–H and O–H groups in total. The van der Waals surface area contributed by atoms with Crippen LogP contribution in [0.25, 0.3) is 0 Å². The van der Waals surface area contributed by atoms with Gasteiger partial charge in [-0.1, -0.05) is 0 Å². The Morgan fingerprint density at radius 3 is 2.62 bits per heavy atom. The number of halogens is 2. The van der Waals surface area contributed by atoms with Crippen molar-refractivity contribution in [3.63, 3.8) is 0 Å². The van der Waals surface area contributed by atoms with Crippen LogP contribution in [0.4, 0.5) is 22.0 Å². The Hall–Kier alpha value is -3.25. The second-order valence-electron chi connectivity index (χ2n) is 7.00. The van der Waals surface area contributed by atoms with E-state index in [1.54, 1.807) is 25.6 Å². The van der Waals surface area contributed by atoms with E-state index in [1.807, 2.05) is 4.90 Å². The van der Waals surface area contributed by atoms with Crippen LogP contribution in [0.2, 0.25) is 0 Å². The molecule has 0 bridgehead atoms. The summed E-state index contributed by atoms with van der Waals surface area (Å²) in [6, 6.07) is 4.64. The van der Waals surface area contributed by atoms with Crippen molar-refractivity contribution in [2.75, 3.05) is 48.5 Å². The fourth-order valence-corrected chi connectivity index (χ4v) is 3.69. The summed E-state index contributed by atoms with van der Waals surface area (Å²) in [5, 5.41) is 2.58. The molecule has 4 rings (SSSR count). The molecular weight excluding hydrogens is 483 g/mol. The molecule has 166 valence electrons. The van der Waals surface area contributed by atoms with Crippen molar-refractivity contribution in [1.29, 1.82) is 0 Å². The van der Waals surface area contributed by atoms with Crippen molar-refractivity contribution in [3.8, 4) is 0 Å². The number of hydrogen-bond acceptors (Lipinski definition) is 9. The summed E-state index contributed by atoms with van der Waals surface area (Å²) < 4.78 is 19.6. The lowest BCUT2D eigenvalue weighted by atomic mass is 10.2. The maximum atomic E-state index is 13.9. The maximum Gasteiger partial charge on any atom is 0.260 e. The lowest BCUT2D eigenvalue weighted by Gasteiger charge is -2.41. The third-order valence-electron chi connectivity index (χ3n) is 4.89. The minimum Gasteiger partial charge on any atom is -0.382 e. The number of amides is 1. The van der Waals surface area contributed by atoms with Gasteiger partial charge < -0.3 is 19.9 Å². The fraction of sp³-hybridized carbons (Fsp3) is 0.300. The first kappa shape index (κ1) is 22.0. The van der Waals surface area contributed by atoms with Gasteiger partial charge in [0, 0.05) is 39.1 Å². The van der Waals surface area contributed by atoms with Gasteiger partial charge in [-0.25, -0.2) is 24.9 Å². The summed E-state index contributed by atoms with van der Waals surface area (Å²) >= 11 is 3.06. The molecule has 1 fully saturated rings. The fourth-order valence-electron chi connectivity index (χ4n) is 3.40. The van der Waals surface area contributed by atoms with E-state index in [0.717, 1.165) is 0 Å². The Morgan fingerprint density at radius 1 is 1.19 bits per heavy atom. The Bertz CT molecular complexity index is 1070. The number of ether oxygens (including phenoxy) is 1. The van der Waals surface area contributed by atoms with Crippen LogP contribution in [0.15, 0.2) is 47.6 Å². The van der Waals surface area contributed by atoms with Crippen LogP contribution in [0.3, 0.4) is 0 Å². The first-order valence-electron chi connectivity index (χ1n) is 9.78. The maximum absolute atomic E-state index is 13.9. The number of carbonyl (C=O) groups is 1. The lowest BCUT2D eigenvalue weighted by Crippen LogP contribution is -2.56. The van der Waals surface area contributed by atoms with Crippen molar-refractivity contribution < 1.29 is 13.9 Å². The molecule has 1 atom stereocenters. The lowest BCUT2D eigenvalue weighted by molar-refractivity contribution is 0.102. The van der Waals surface area contributed by atoms with E-state index in [2.05, 4.69) is 51.1 Å². The third kappa shape index (κ3) is 4.97. The number of pyridine rings is 1. The standard InChI is InChI=1S/C20H20BrFN8O2/c1-32-12-14-11-29(7-8-30(14)20-23-5-2-6-24-20)19-25-9-13(10-26-19)27-18(31)15-3-4-16(21)28-17(15)22/h2-6,9-10,14H,7-8,11-12H2,1H3,(H,27,31)/t14-/m1/s1.